The van der Waals surface area contributed by atoms with E-state index in [0.29, 0.717) is 23.6 Å². The minimum Gasteiger partial charge on any atom is -0.494 e. The highest BCUT2D eigenvalue weighted by Gasteiger charge is 2.52. The van der Waals surface area contributed by atoms with Crippen molar-refractivity contribution in [3.05, 3.63) is 64.2 Å². The van der Waals surface area contributed by atoms with Gasteiger partial charge in [-0.3, -0.25) is 19.2 Å². The maximum absolute atomic E-state index is 12.2. The highest BCUT2D eigenvalue weighted by molar-refractivity contribution is 6.31. The smallest absolute Gasteiger partial charge is 0.303 e. The predicted octanol–water partition coefficient (Wildman–Crippen LogP) is 4.13. The Morgan fingerprint density at radius 1 is 0.800 bits per heavy atom. The SMILES string of the molecule is CCOc1ccc(Cc2cc(C3OC(COC(C)=O)C(OC(C)=O)C(OC(C)=O)C3OC(C)=O)ccc2Cl)cc1. The van der Waals surface area contributed by atoms with Crippen LogP contribution in [0.15, 0.2) is 42.5 Å². The van der Waals surface area contributed by atoms with E-state index < -0.39 is 54.4 Å². The van der Waals surface area contributed by atoms with Crippen LogP contribution in [0.3, 0.4) is 0 Å². The molecule has 216 valence electrons. The lowest BCUT2D eigenvalue weighted by atomic mass is 9.89. The quantitative estimate of drug-likeness (QED) is 0.301. The van der Waals surface area contributed by atoms with Crippen molar-refractivity contribution in [2.75, 3.05) is 13.2 Å². The van der Waals surface area contributed by atoms with Crippen LogP contribution in [0.25, 0.3) is 0 Å². The number of hydrogen-bond donors (Lipinski definition) is 0. The van der Waals surface area contributed by atoms with Gasteiger partial charge in [-0.05, 0) is 48.2 Å². The van der Waals surface area contributed by atoms with Crippen LogP contribution in [-0.2, 0) is 49.3 Å². The van der Waals surface area contributed by atoms with Gasteiger partial charge in [0.2, 0.25) is 0 Å². The molecule has 5 unspecified atom stereocenters. The number of rotatable bonds is 10. The maximum atomic E-state index is 12.2. The number of carbonyl (C=O) groups excluding carboxylic acids is 4. The van der Waals surface area contributed by atoms with Crippen molar-refractivity contribution >= 4 is 35.5 Å². The molecule has 40 heavy (non-hydrogen) atoms. The molecule has 11 heteroatoms. The molecular weight excluding hydrogens is 544 g/mol. The van der Waals surface area contributed by atoms with E-state index in [1.807, 2.05) is 31.2 Å². The standard InChI is InChI=1S/C29H33ClO10/c1-6-35-23-10-7-20(8-11-23)13-22-14-21(9-12-24(22)30)26-28(38-18(4)33)29(39-19(5)34)27(37-17(3)32)25(40-26)15-36-16(2)31/h7-12,14,25-29H,6,13,15H2,1-5H3. The fourth-order valence-corrected chi connectivity index (χ4v) is 4.68. The van der Waals surface area contributed by atoms with Gasteiger partial charge < -0.3 is 28.4 Å². The minimum atomic E-state index is -1.25. The number of carbonyl (C=O) groups is 4. The van der Waals surface area contributed by atoms with E-state index in [4.69, 9.17) is 40.0 Å². The van der Waals surface area contributed by atoms with Crippen molar-refractivity contribution in [2.45, 2.75) is 71.6 Å². The molecule has 0 aromatic heterocycles. The molecule has 1 aliphatic rings. The predicted molar refractivity (Wildman–Crippen MR) is 143 cm³/mol. The zero-order valence-electron chi connectivity index (χ0n) is 23.0. The van der Waals surface area contributed by atoms with E-state index in [0.717, 1.165) is 16.9 Å². The highest BCUT2D eigenvalue weighted by atomic mass is 35.5. The van der Waals surface area contributed by atoms with E-state index in [1.165, 1.54) is 27.7 Å². The molecule has 0 amide bonds. The zero-order valence-corrected chi connectivity index (χ0v) is 23.8. The van der Waals surface area contributed by atoms with Crippen LogP contribution < -0.4 is 4.74 Å². The van der Waals surface area contributed by atoms with Gasteiger partial charge in [-0.25, -0.2) is 0 Å². The first kappa shape index (κ1) is 30.9. The third-order valence-electron chi connectivity index (χ3n) is 6.02. The minimum absolute atomic E-state index is 0.305. The Balaban J connectivity index is 2.03. The molecule has 0 N–H and O–H groups in total. The van der Waals surface area contributed by atoms with E-state index in [-0.39, 0.29) is 6.61 Å². The number of hydrogen-bond acceptors (Lipinski definition) is 10. The van der Waals surface area contributed by atoms with E-state index in [9.17, 15) is 19.2 Å². The zero-order chi connectivity index (χ0) is 29.4. The van der Waals surface area contributed by atoms with Gasteiger partial charge in [-0.15, -0.1) is 0 Å². The summed E-state index contributed by atoms with van der Waals surface area (Å²) in [5.74, 6) is -1.89. The summed E-state index contributed by atoms with van der Waals surface area (Å²) in [5.41, 5.74) is 2.29. The van der Waals surface area contributed by atoms with Crippen molar-refractivity contribution in [2.24, 2.45) is 0 Å². The molecule has 1 aliphatic heterocycles. The molecule has 0 bridgehead atoms. The second-order valence-electron chi connectivity index (χ2n) is 9.22. The van der Waals surface area contributed by atoms with Crippen LogP contribution >= 0.6 is 11.6 Å². The van der Waals surface area contributed by atoms with E-state index >= 15 is 0 Å². The van der Waals surface area contributed by atoms with Gasteiger partial charge in [0.05, 0.1) is 6.61 Å². The van der Waals surface area contributed by atoms with Gasteiger partial charge in [0, 0.05) is 32.7 Å². The normalized spacial score (nSPS) is 22.1. The Labute approximate surface area is 237 Å². The number of ether oxygens (including phenoxy) is 6. The summed E-state index contributed by atoms with van der Waals surface area (Å²) in [4.78, 5) is 47.8. The fraction of sp³-hybridized carbons (Fsp3) is 0.448. The van der Waals surface area contributed by atoms with Gasteiger partial charge in [0.15, 0.2) is 18.3 Å². The summed E-state index contributed by atoms with van der Waals surface area (Å²) >= 11 is 6.54. The molecule has 3 rings (SSSR count). The lowest BCUT2D eigenvalue weighted by molar-refractivity contribution is -0.254. The van der Waals surface area contributed by atoms with Crippen molar-refractivity contribution in [1.29, 1.82) is 0 Å². The van der Waals surface area contributed by atoms with Gasteiger partial charge in [-0.2, -0.15) is 0 Å². The summed E-state index contributed by atoms with van der Waals surface area (Å²) < 4.78 is 33.5. The second-order valence-corrected chi connectivity index (χ2v) is 9.63. The fourth-order valence-electron chi connectivity index (χ4n) is 4.49. The molecule has 0 radical (unpaired) electrons. The third-order valence-corrected chi connectivity index (χ3v) is 6.39. The molecule has 1 heterocycles. The van der Waals surface area contributed by atoms with Crippen LogP contribution in [0.2, 0.25) is 5.02 Å². The number of esters is 4. The summed E-state index contributed by atoms with van der Waals surface area (Å²) in [7, 11) is 0. The Bertz CT molecular complexity index is 1210. The summed E-state index contributed by atoms with van der Waals surface area (Å²) in [6.45, 7) is 6.94. The van der Waals surface area contributed by atoms with Crippen molar-refractivity contribution < 1.29 is 47.6 Å². The van der Waals surface area contributed by atoms with Crippen molar-refractivity contribution in [3.63, 3.8) is 0 Å². The first-order chi connectivity index (χ1) is 19.0. The van der Waals surface area contributed by atoms with Crippen molar-refractivity contribution in [1.82, 2.24) is 0 Å². The molecule has 5 atom stereocenters. The lowest BCUT2D eigenvalue weighted by Gasteiger charge is -2.44. The topological polar surface area (TPSA) is 124 Å². The number of benzene rings is 2. The van der Waals surface area contributed by atoms with Crippen LogP contribution in [0.4, 0.5) is 0 Å². The lowest BCUT2D eigenvalue weighted by Crippen LogP contribution is -2.59. The number of halogens is 1. The average Bonchev–Trinajstić information content (AvgIpc) is 2.87. The molecule has 1 saturated heterocycles. The Morgan fingerprint density at radius 3 is 1.98 bits per heavy atom. The van der Waals surface area contributed by atoms with Crippen LogP contribution in [-0.4, -0.2) is 61.5 Å². The molecule has 10 nitrogen and oxygen atoms in total. The first-order valence-corrected chi connectivity index (χ1v) is 13.2. The summed E-state index contributed by atoms with van der Waals surface area (Å²) in [6.07, 6.45) is -5.23. The second kappa shape index (κ2) is 14.1. The van der Waals surface area contributed by atoms with Crippen molar-refractivity contribution in [3.8, 4) is 5.75 Å². The Morgan fingerprint density at radius 2 is 1.40 bits per heavy atom. The molecule has 0 spiro atoms. The van der Waals surface area contributed by atoms with E-state index in [1.54, 1.807) is 18.2 Å². The molecule has 0 saturated carbocycles. The van der Waals surface area contributed by atoms with Gasteiger partial charge >= 0.3 is 23.9 Å². The Hall–Kier alpha value is -3.63. The van der Waals surface area contributed by atoms with E-state index in [2.05, 4.69) is 0 Å². The molecule has 0 aliphatic carbocycles. The largest absolute Gasteiger partial charge is 0.494 e. The van der Waals surface area contributed by atoms with Crippen LogP contribution in [0.1, 0.15) is 57.4 Å². The monoisotopic (exact) mass is 576 g/mol. The maximum Gasteiger partial charge on any atom is 0.303 e. The molecular formula is C29H33ClO10. The highest BCUT2D eigenvalue weighted by Crippen LogP contribution is 2.39. The Kier molecular flexibility index (Phi) is 10.9. The third kappa shape index (κ3) is 8.43. The summed E-state index contributed by atoms with van der Waals surface area (Å²) in [5, 5.41) is 0.503. The molecule has 1 fully saturated rings. The van der Waals surface area contributed by atoms with Gasteiger partial charge in [-0.1, -0.05) is 35.9 Å². The van der Waals surface area contributed by atoms with Crippen LogP contribution in [0.5, 0.6) is 5.75 Å². The van der Waals surface area contributed by atoms with Gasteiger partial charge in [0.25, 0.3) is 0 Å². The first-order valence-electron chi connectivity index (χ1n) is 12.8. The summed E-state index contributed by atoms with van der Waals surface area (Å²) in [6, 6.07) is 12.8. The molecule has 2 aromatic carbocycles. The van der Waals surface area contributed by atoms with Crippen LogP contribution in [0, 0.1) is 0 Å². The molecule has 2 aromatic rings. The average molecular weight is 577 g/mol. The van der Waals surface area contributed by atoms with Gasteiger partial charge in [0.1, 0.15) is 24.6 Å².